The third kappa shape index (κ3) is 5.85. The minimum absolute atomic E-state index is 0. The number of rotatable bonds is 7. The smallest absolute Gasteiger partial charge is 0.268 e. The van der Waals surface area contributed by atoms with Crippen LogP contribution in [0, 0.1) is 18.5 Å². The van der Waals surface area contributed by atoms with Crippen LogP contribution in [0.15, 0.2) is 163 Å². The number of para-hydroxylation sites is 3. The summed E-state index contributed by atoms with van der Waals surface area (Å²) in [5.41, 5.74) is 3.42. The van der Waals surface area contributed by atoms with Crippen LogP contribution in [0.4, 0.5) is 0 Å². The molecule has 242 valence electrons. The molecule has 0 bridgehead atoms. The topological polar surface area (TPSA) is 30.9 Å². The van der Waals surface area contributed by atoms with E-state index in [1.54, 1.807) is 81.3 Å². The van der Waals surface area contributed by atoms with Gasteiger partial charge < -0.3 is 14.3 Å². The van der Waals surface area contributed by atoms with Crippen LogP contribution in [0.2, 0.25) is 0 Å². The fourth-order valence-corrected chi connectivity index (χ4v) is 6.64. The van der Waals surface area contributed by atoms with Crippen LogP contribution < -0.4 is 9.30 Å². The van der Waals surface area contributed by atoms with Gasteiger partial charge in [-0.05, 0) is 50.5 Å². The van der Waals surface area contributed by atoms with Crippen molar-refractivity contribution in [3.05, 3.63) is 181 Å². The van der Waals surface area contributed by atoms with E-state index in [4.69, 9.17) is 18.4 Å². The van der Waals surface area contributed by atoms with E-state index in [0.717, 1.165) is 21.3 Å². The molecule has 0 radical (unpaired) electrons. The number of aromatic nitrogens is 3. The summed E-state index contributed by atoms with van der Waals surface area (Å²) in [5.74, 6) is 0.812. The average molecular weight is 851 g/mol. The van der Waals surface area contributed by atoms with Crippen LogP contribution in [0.3, 0.4) is 0 Å². The van der Waals surface area contributed by atoms with E-state index < -0.39 is 60.4 Å². The van der Waals surface area contributed by atoms with E-state index in [1.807, 2.05) is 41.8 Å². The van der Waals surface area contributed by atoms with E-state index in [9.17, 15) is 0 Å². The Morgan fingerprint density at radius 2 is 1.38 bits per heavy atom. The molecule has 0 aliphatic rings. The van der Waals surface area contributed by atoms with Crippen LogP contribution in [-0.4, -0.2) is 9.55 Å². The zero-order valence-corrected chi connectivity index (χ0v) is 28.9. The van der Waals surface area contributed by atoms with Crippen molar-refractivity contribution < 1.29 is 44.1 Å². The summed E-state index contributed by atoms with van der Waals surface area (Å²) >= 11 is 1.63. The number of imidazole rings is 1. The monoisotopic (exact) mass is 850 g/mol. The molecule has 50 heavy (non-hydrogen) atoms. The number of nitrogens with zero attached hydrogens (tertiary/aromatic N) is 3. The van der Waals surface area contributed by atoms with E-state index >= 15 is 0 Å². The van der Waals surface area contributed by atoms with Crippen LogP contribution >= 0.6 is 11.3 Å². The molecule has 0 saturated heterocycles. The Morgan fingerprint density at radius 1 is 0.700 bits per heavy atom. The van der Waals surface area contributed by atoms with Crippen molar-refractivity contribution in [3.63, 3.8) is 0 Å². The minimum atomic E-state index is -0.568. The predicted molar refractivity (Wildman–Crippen MR) is 197 cm³/mol. The van der Waals surface area contributed by atoms with Crippen LogP contribution in [0.5, 0.6) is 11.5 Å². The molecule has 0 fully saturated rings. The molecule has 3 heterocycles. The third-order valence-electron chi connectivity index (χ3n) is 7.98. The fourth-order valence-electron chi connectivity index (χ4n) is 5.86. The van der Waals surface area contributed by atoms with Gasteiger partial charge in [-0.25, -0.2) is 0 Å². The van der Waals surface area contributed by atoms with Gasteiger partial charge in [0.15, 0.2) is 0 Å². The number of fused-ring (bicyclic) bond motifs is 2. The number of ether oxygens (including phenoxy) is 1. The number of thiophene rings is 1. The first-order chi connectivity index (χ1) is 28.4. The third-order valence-corrected chi connectivity index (χ3v) is 8.86. The van der Waals surface area contributed by atoms with Crippen molar-refractivity contribution >= 4 is 32.5 Å². The summed E-state index contributed by atoms with van der Waals surface area (Å²) in [5, 5.41) is 3.04. The normalized spacial score (nSPS) is 13.8. The van der Waals surface area contributed by atoms with E-state index in [1.165, 1.54) is 0 Å². The molecule has 0 aliphatic carbocycles. The molecule has 0 amide bonds. The molecule has 3 aromatic heterocycles. The molecule has 0 saturated carbocycles. The Labute approximate surface area is 322 Å². The Hall–Kier alpha value is -5.61. The van der Waals surface area contributed by atoms with Crippen LogP contribution in [-0.2, 0) is 21.1 Å². The average Bonchev–Trinajstić information content (AvgIpc) is 3.90. The number of hydrogen-bond donors (Lipinski definition) is 0. The quantitative estimate of drug-likeness (QED) is 0.118. The summed E-state index contributed by atoms with van der Waals surface area (Å²) in [4.78, 5) is 4.61. The molecular weight excluding hydrogens is 814 g/mol. The zero-order chi connectivity index (χ0) is 41.3. The van der Waals surface area contributed by atoms with Gasteiger partial charge in [-0.3, -0.25) is 4.57 Å². The largest absolute Gasteiger partial charge is 0.503 e. The molecule has 9 rings (SSSR count). The molecule has 6 heteroatoms. The number of benzene rings is 6. The molecule has 0 unspecified atom stereocenters. The summed E-state index contributed by atoms with van der Waals surface area (Å²) in [6, 6.07) is 28.4. The predicted octanol–water partition coefficient (Wildman–Crippen LogP) is 10.7. The summed E-state index contributed by atoms with van der Waals surface area (Å²) in [6.07, 6.45) is 5.13. The maximum Gasteiger partial charge on any atom is 0.268 e. The Balaban J connectivity index is 0.00000499. The molecule has 0 aliphatic heterocycles. The number of pyridine rings is 1. The van der Waals surface area contributed by atoms with Crippen LogP contribution in [0.1, 0.15) is 13.7 Å². The Morgan fingerprint density at radius 3 is 2.14 bits per heavy atom. The summed E-state index contributed by atoms with van der Waals surface area (Å²) < 4.78 is 96.8. The standard InChI is InChI=1S/C44H27N3OS.Pt/c1-3-12-31(13-4-1)37-20-11-21-38(32-14-5-2-6-15-32)44(37)47-30-46(40-22-7-8-23-41(40)47)34-17-10-19-36(29-34)48-35-18-9-16-33(28-35)43-39-25-27-49-42(39)24-26-45-43;/h1-27H;/q-2;/i1D,2D,3D,4D,5D,6D,12D,13D,14D,15D;. The summed E-state index contributed by atoms with van der Waals surface area (Å²) in [7, 11) is 0. The maximum absolute atomic E-state index is 8.92. The first kappa shape index (κ1) is 22.2. The second-order valence-corrected chi connectivity index (χ2v) is 11.8. The molecule has 0 spiro atoms. The summed E-state index contributed by atoms with van der Waals surface area (Å²) in [6.45, 7) is 0. The van der Waals surface area contributed by atoms with Gasteiger partial charge in [0.2, 0.25) is 0 Å². The molecule has 0 atom stereocenters. The maximum atomic E-state index is 8.92. The minimum Gasteiger partial charge on any atom is -0.503 e. The van der Waals surface area contributed by atoms with Crippen molar-refractivity contribution in [1.29, 1.82) is 0 Å². The van der Waals surface area contributed by atoms with Crippen molar-refractivity contribution in [2.24, 2.45) is 0 Å². The van der Waals surface area contributed by atoms with E-state index in [-0.39, 0.29) is 49.0 Å². The second kappa shape index (κ2) is 13.7. The van der Waals surface area contributed by atoms with Gasteiger partial charge in [0.05, 0.1) is 30.4 Å². The van der Waals surface area contributed by atoms with Crippen molar-refractivity contribution in [3.8, 4) is 56.4 Å². The van der Waals surface area contributed by atoms with Gasteiger partial charge >= 0.3 is 0 Å². The van der Waals surface area contributed by atoms with E-state index in [0.29, 0.717) is 28.2 Å². The molecular formula is C44H27N3OPtS-2. The van der Waals surface area contributed by atoms with Gasteiger partial charge in [0.25, 0.3) is 6.33 Å². The molecule has 0 N–H and O–H groups in total. The van der Waals surface area contributed by atoms with Gasteiger partial charge in [-0.15, -0.1) is 47.2 Å². The van der Waals surface area contributed by atoms with Gasteiger partial charge in [0.1, 0.15) is 0 Å². The van der Waals surface area contributed by atoms with Gasteiger partial charge in [-0.1, -0.05) is 115 Å². The fraction of sp³-hybridized carbons (Fsp3) is 0. The van der Waals surface area contributed by atoms with Gasteiger partial charge in [-0.2, -0.15) is 12.1 Å². The van der Waals surface area contributed by atoms with E-state index in [2.05, 4.69) is 23.4 Å². The molecule has 6 aromatic carbocycles. The van der Waals surface area contributed by atoms with Crippen molar-refractivity contribution in [2.45, 2.75) is 0 Å². The zero-order valence-electron chi connectivity index (χ0n) is 35.8. The van der Waals surface area contributed by atoms with Gasteiger partial charge in [0, 0.05) is 43.5 Å². The first-order valence-corrected chi connectivity index (χ1v) is 16.1. The van der Waals surface area contributed by atoms with Crippen molar-refractivity contribution in [2.75, 3.05) is 0 Å². The second-order valence-electron chi connectivity index (χ2n) is 10.9. The molecule has 4 nitrogen and oxygen atoms in total. The Bertz CT molecular complexity index is 3040. The SMILES string of the molecule is [2H]c1c([2H])c([2H])c(-c2cccc(-c3c([2H])c([2H])c([2H])c([2H])c3[2H])c2-[n+]2[c-]n(-c3[c-]c(Oc4[c-]c(-c5nccc6sccc56)ccc4)ccc3)c3ccccc32)c([2H])c1[2H].[Pt]. The Kier molecular flexibility index (Phi) is 6.08. The van der Waals surface area contributed by atoms with Crippen molar-refractivity contribution in [1.82, 2.24) is 9.55 Å². The number of hydrogen-bond acceptors (Lipinski definition) is 3. The molecule has 9 aromatic rings. The van der Waals surface area contributed by atoms with Crippen LogP contribution in [0.25, 0.3) is 66.0 Å². The first-order valence-electron chi connectivity index (χ1n) is 20.2.